The fraction of sp³-hybridized carbons (Fsp3) is 0.308. The highest BCUT2D eigenvalue weighted by atomic mass is 32.2. The van der Waals surface area contributed by atoms with Crippen molar-refractivity contribution in [3.63, 3.8) is 0 Å². The number of aryl methyl sites for hydroxylation is 2. The standard InChI is InChI=1S/C13H15NOS/c1-9-4-5-10(2)12(11(9)3)8-16-13-14-6-7-15-13/h4-7H,8H2,1-3H3. The lowest BCUT2D eigenvalue weighted by molar-refractivity contribution is 0.454. The molecular formula is C13H15NOS. The zero-order valence-corrected chi connectivity index (χ0v) is 10.6. The number of benzene rings is 1. The van der Waals surface area contributed by atoms with Crippen LogP contribution in [0.5, 0.6) is 0 Å². The van der Waals surface area contributed by atoms with Crippen molar-refractivity contribution in [1.29, 1.82) is 0 Å². The lowest BCUT2D eigenvalue weighted by Crippen LogP contribution is -1.94. The van der Waals surface area contributed by atoms with E-state index in [4.69, 9.17) is 4.42 Å². The average Bonchev–Trinajstić information content (AvgIpc) is 2.77. The molecule has 0 spiro atoms. The van der Waals surface area contributed by atoms with Gasteiger partial charge < -0.3 is 4.42 Å². The van der Waals surface area contributed by atoms with E-state index in [-0.39, 0.29) is 0 Å². The van der Waals surface area contributed by atoms with E-state index in [0.717, 1.165) is 11.0 Å². The maximum atomic E-state index is 5.22. The second-order valence-electron chi connectivity index (χ2n) is 3.89. The molecule has 0 aliphatic carbocycles. The van der Waals surface area contributed by atoms with Crippen molar-refractivity contribution >= 4 is 11.8 Å². The van der Waals surface area contributed by atoms with Gasteiger partial charge in [0.25, 0.3) is 5.22 Å². The van der Waals surface area contributed by atoms with E-state index in [2.05, 4.69) is 37.9 Å². The summed E-state index contributed by atoms with van der Waals surface area (Å²) in [6.07, 6.45) is 3.29. The number of aromatic nitrogens is 1. The van der Waals surface area contributed by atoms with E-state index in [1.807, 2.05) is 0 Å². The summed E-state index contributed by atoms with van der Waals surface area (Å²) in [7, 11) is 0. The molecule has 0 saturated heterocycles. The molecule has 2 nitrogen and oxygen atoms in total. The van der Waals surface area contributed by atoms with Crippen molar-refractivity contribution in [2.45, 2.75) is 31.7 Å². The van der Waals surface area contributed by atoms with Crippen LogP contribution in [0.25, 0.3) is 0 Å². The van der Waals surface area contributed by atoms with Crippen molar-refractivity contribution in [3.8, 4) is 0 Å². The number of hydrogen-bond acceptors (Lipinski definition) is 3. The van der Waals surface area contributed by atoms with Crippen molar-refractivity contribution in [1.82, 2.24) is 4.98 Å². The van der Waals surface area contributed by atoms with Gasteiger partial charge in [-0.2, -0.15) is 0 Å². The maximum absolute atomic E-state index is 5.22. The minimum atomic E-state index is 0.736. The third-order valence-electron chi connectivity index (χ3n) is 2.85. The van der Waals surface area contributed by atoms with Crippen LogP contribution in [0.15, 0.2) is 34.2 Å². The van der Waals surface area contributed by atoms with Crippen molar-refractivity contribution < 1.29 is 4.42 Å². The summed E-state index contributed by atoms with van der Waals surface area (Å²) in [6, 6.07) is 4.35. The molecule has 2 aromatic rings. The van der Waals surface area contributed by atoms with Gasteiger partial charge >= 0.3 is 0 Å². The molecule has 0 saturated carbocycles. The van der Waals surface area contributed by atoms with Crippen molar-refractivity contribution in [2.75, 3.05) is 0 Å². The predicted octanol–water partition coefficient (Wildman–Crippen LogP) is 3.89. The second kappa shape index (κ2) is 4.74. The zero-order valence-electron chi connectivity index (χ0n) is 9.78. The van der Waals surface area contributed by atoms with Crippen molar-refractivity contribution in [2.24, 2.45) is 0 Å². The Hall–Kier alpha value is -1.22. The first-order valence-electron chi connectivity index (χ1n) is 5.26. The van der Waals surface area contributed by atoms with Gasteiger partial charge in [-0.25, -0.2) is 4.98 Å². The quantitative estimate of drug-likeness (QED) is 0.752. The zero-order chi connectivity index (χ0) is 11.5. The first-order chi connectivity index (χ1) is 7.68. The highest BCUT2D eigenvalue weighted by Gasteiger charge is 2.07. The van der Waals surface area contributed by atoms with E-state index in [0.29, 0.717) is 0 Å². The van der Waals surface area contributed by atoms with Gasteiger partial charge in [0.05, 0.1) is 6.20 Å². The molecule has 16 heavy (non-hydrogen) atoms. The highest BCUT2D eigenvalue weighted by molar-refractivity contribution is 7.98. The summed E-state index contributed by atoms with van der Waals surface area (Å²) in [5.74, 6) is 0.917. The normalized spacial score (nSPS) is 10.7. The van der Waals surface area contributed by atoms with E-state index in [9.17, 15) is 0 Å². The summed E-state index contributed by atoms with van der Waals surface area (Å²) in [5.41, 5.74) is 5.44. The lowest BCUT2D eigenvalue weighted by Gasteiger charge is -2.10. The molecule has 0 aliphatic heterocycles. The summed E-state index contributed by atoms with van der Waals surface area (Å²) in [5, 5.41) is 0.736. The van der Waals surface area contributed by atoms with Crippen LogP contribution in [0.3, 0.4) is 0 Å². The fourth-order valence-corrected chi connectivity index (χ4v) is 2.62. The Bertz CT molecular complexity index is 477. The van der Waals surface area contributed by atoms with E-state index < -0.39 is 0 Å². The molecule has 84 valence electrons. The Labute approximate surface area is 100 Å². The van der Waals surface area contributed by atoms with Crippen LogP contribution < -0.4 is 0 Å². The molecule has 1 aromatic heterocycles. The van der Waals surface area contributed by atoms with E-state index in [1.165, 1.54) is 22.3 Å². The molecule has 0 radical (unpaired) electrons. The van der Waals surface area contributed by atoms with Gasteiger partial charge in [0, 0.05) is 5.75 Å². The van der Waals surface area contributed by atoms with Gasteiger partial charge in [0.2, 0.25) is 0 Å². The predicted molar refractivity (Wildman–Crippen MR) is 66.7 cm³/mol. The van der Waals surface area contributed by atoms with Crippen LogP contribution in [-0.2, 0) is 5.75 Å². The molecule has 0 aliphatic rings. The average molecular weight is 233 g/mol. The molecule has 3 heteroatoms. The highest BCUT2D eigenvalue weighted by Crippen LogP contribution is 2.26. The first-order valence-corrected chi connectivity index (χ1v) is 6.25. The van der Waals surface area contributed by atoms with Gasteiger partial charge in [-0.3, -0.25) is 0 Å². The second-order valence-corrected chi connectivity index (χ2v) is 4.82. The fourth-order valence-electron chi connectivity index (χ4n) is 1.65. The number of hydrogen-bond donors (Lipinski definition) is 0. The number of oxazole rings is 1. The Morgan fingerprint density at radius 1 is 1.19 bits per heavy atom. The Kier molecular flexibility index (Phi) is 3.34. The van der Waals surface area contributed by atoms with Crippen LogP contribution in [0.2, 0.25) is 0 Å². The minimum Gasteiger partial charge on any atom is -0.440 e. The van der Waals surface area contributed by atoms with Crippen LogP contribution in [0.4, 0.5) is 0 Å². The molecule has 0 unspecified atom stereocenters. The smallest absolute Gasteiger partial charge is 0.255 e. The van der Waals surface area contributed by atoms with E-state index >= 15 is 0 Å². The molecule has 0 bridgehead atoms. The van der Waals surface area contributed by atoms with Gasteiger partial charge in [0.1, 0.15) is 6.26 Å². The summed E-state index contributed by atoms with van der Waals surface area (Å²) in [4.78, 5) is 4.11. The summed E-state index contributed by atoms with van der Waals surface area (Å²) >= 11 is 1.64. The molecular weight excluding hydrogens is 218 g/mol. The van der Waals surface area contributed by atoms with E-state index in [1.54, 1.807) is 24.2 Å². The number of nitrogens with zero attached hydrogens (tertiary/aromatic N) is 1. The molecule has 1 heterocycles. The number of rotatable bonds is 3. The van der Waals surface area contributed by atoms with Crippen molar-refractivity contribution in [3.05, 3.63) is 46.8 Å². The molecule has 0 fully saturated rings. The van der Waals surface area contributed by atoms with Crippen LogP contribution >= 0.6 is 11.8 Å². The molecule has 0 N–H and O–H groups in total. The van der Waals surface area contributed by atoms with Gasteiger partial charge in [-0.15, -0.1) is 0 Å². The summed E-state index contributed by atoms with van der Waals surface area (Å²) < 4.78 is 5.22. The molecule has 1 aromatic carbocycles. The largest absolute Gasteiger partial charge is 0.440 e. The third kappa shape index (κ3) is 2.30. The van der Waals surface area contributed by atoms with Gasteiger partial charge in [-0.1, -0.05) is 23.9 Å². The number of thioether (sulfide) groups is 1. The monoisotopic (exact) mass is 233 g/mol. The molecule has 2 rings (SSSR count). The summed E-state index contributed by atoms with van der Waals surface area (Å²) in [6.45, 7) is 6.47. The van der Waals surface area contributed by atoms with Gasteiger partial charge in [0.15, 0.2) is 0 Å². The maximum Gasteiger partial charge on any atom is 0.255 e. The van der Waals surface area contributed by atoms with Gasteiger partial charge in [-0.05, 0) is 43.0 Å². The third-order valence-corrected chi connectivity index (χ3v) is 3.73. The Balaban J connectivity index is 2.18. The topological polar surface area (TPSA) is 26.0 Å². The SMILES string of the molecule is Cc1ccc(C)c(CSc2ncco2)c1C. The minimum absolute atomic E-state index is 0.736. The van der Waals surface area contributed by atoms with Crippen LogP contribution in [-0.4, -0.2) is 4.98 Å². The first kappa shape index (κ1) is 11.3. The van der Waals surface area contributed by atoms with Crippen LogP contribution in [0, 0.1) is 20.8 Å². The molecule has 0 atom stereocenters. The Morgan fingerprint density at radius 3 is 2.62 bits per heavy atom. The molecule has 0 amide bonds. The van der Waals surface area contributed by atoms with Crippen LogP contribution in [0.1, 0.15) is 22.3 Å². The Morgan fingerprint density at radius 2 is 1.94 bits per heavy atom. The lowest BCUT2D eigenvalue weighted by atomic mass is 10.00.